The molecule has 1 amide bonds. The highest BCUT2D eigenvalue weighted by molar-refractivity contribution is 7.89. The van der Waals surface area contributed by atoms with Crippen LogP contribution in [0.25, 0.3) is 10.8 Å². The second kappa shape index (κ2) is 8.14. The molecule has 29 heavy (non-hydrogen) atoms. The van der Waals surface area contributed by atoms with E-state index in [1.165, 1.54) is 4.31 Å². The maximum atomic E-state index is 13.2. The zero-order chi connectivity index (χ0) is 20.4. The molecule has 1 aliphatic heterocycles. The van der Waals surface area contributed by atoms with Crippen LogP contribution in [0.15, 0.2) is 71.6 Å². The molecule has 4 rings (SSSR count). The number of rotatable bonds is 4. The van der Waals surface area contributed by atoms with E-state index >= 15 is 0 Å². The summed E-state index contributed by atoms with van der Waals surface area (Å²) in [4.78, 5) is 12.9. The van der Waals surface area contributed by atoms with Crippen molar-refractivity contribution in [1.82, 2.24) is 4.31 Å². The van der Waals surface area contributed by atoms with Crippen molar-refractivity contribution in [2.45, 2.75) is 17.7 Å². The van der Waals surface area contributed by atoms with Crippen LogP contribution in [0.4, 0.5) is 5.69 Å². The van der Waals surface area contributed by atoms with Crippen LogP contribution in [0.1, 0.15) is 12.8 Å². The molecule has 0 spiro atoms. The number of nitrogens with one attached hydrogen (secondary N) is 1. The predicted octanol–water partition coefficient (Wildman–Crippen LogP) is 4.53. The molecule has 0 aromatic heterocycles. The van der Waals surface area contributed by atoms with Gasteiger partial charge in [-0.05, 0) is 53.9 Å². The Morgan fingerprint density at radius 3 is 2.59 bits per heavy atom. The molecule has 1 atom stereocenters. The van der Waals surface area contributed by atoms with Crippen LogP contribution in [0.2, 0.25) is 5.02 Å². The SMILES string of the molecule is O=C(Nc1cccc(Cl)c1)[C@@H]1CCCN(S(=O)(=O)c2ccc3ccccc3c2)C1. The average Bonchev–Trinajstić information content (AvgIpc) is 2.73. The molecule has 0 radical (unpaired) electrons. The Balaban J connectivity index is 1.52. The highest BCUT2D eigenvalue weighted by atomic mass is 35.5. The maximum Gasteiger partial charge on any atom is 0.243 e. The number of fused-ring (bicyclic) bond motifs is 1. The quantitative estimate of drug-likeness (QED) is 0.663. The van der Waals surface area contributed by atoms with E-state index in [4.69, 9.17) is 11.6 Å². The van der Waals surface area contributed by atoms with E-state index in [1.807, 2.05) is 30.3 Å². The van der Waals surface area contributed by atoms with Gasteiger partial charge < -0.3 is 5.32 Å². The molecule has 7 heteroatoms. The number of nitrogens with zero attached hydrogens (tertiary/aromatic N) is 1. The van der Waals surface area contributed by atoms with Crippen LogP contribution in [0.5, 0.6) is 0 Å². The summed E-state index contributed by atoms with van der Waals surface area (Å²) < 4.78 is 27.8. The van der Waals surface area contributed by atoms with Crippen molar-refractivity contribution in [1.29, 1.82) is 0 Å². The molecular weight excluding hydrogens is 408 g/mol. The van der Waals surface area contributed by atoms with Crippen molar-refractivity contribution in [2.75, 3.05) is 18.4 Å². The smallest absolute Gasteiger partial charge is 0.243 e. The fourth-order valence-corrected chi connectivity index (χ4v) is 5.41. The van der Waals surface area contributed by atoms with Gasteiger partial charge in [-0.3, -0.25) is 4.79 Å². The second-order valence-corrected chi connectivity index (χ2v) is 9.59. The lowest BCUT2D eigenvalue weighted by Crippen LogP contribution is -2.43. The number of carbonyl (C=O) groups is 1. The molecule has 0 bridgehead atoms. The van der Waals surface area contributed by atoms with E-state index in [0.29, 0.717) is 30.1 Å². The van der Waals surface area contributed by atoms with Gasteiger partial charge in [0.2, 0.25) is 15.9 Å². The Hall–Kier alpha value is -2.41. The van der Waals surface area contributed by atoms with Crippen molar-refractivity contribution in [3.63, 3.8) is 0 Å². The molecule has 1 saturated heterocycles. The van der Waals surface area contributed by atoms with Gasteiger partial charge in [0.1, 0.15) is 0 Å². The number of sulfonamides is 1. The zero-order valence-corrected chi connectivity index (χ0v) is 17.3. The monoisotopic (exact) mass is 428 g/mol. The van der Waals surface area contributed by atoms with Gasteiger partial charge in [0, 0.05) is 23.8 Å². The van der Waals surface area contributed by atoms with E-state index in [2.05, 4.69) is 5.32 Å². The third kappa shape index (κ3) is 4.29. The van der Waals surface area contributed by atoms with E-state index in [0.717, 1.165) is 10.8 Å². The molecule has 1 heterocycles. The first-order valence-corrected chi connectivity index (χ1v) is 11.3. The van der Waals surface area contributed by atoms with Crippen molar-refractivity contribution in [3.8, 4) is 0 Å². The Morgan fingerprint density at radius 1 is 1.00 bits per heavy atom. The first-order chi connectivity index (χ1) is 13.9. The molecule has 5 nitrogen and oxygen atoms in total. The Bertz CT molecular complexity index is 1160. The second-order valence-electron chi connectivity index (χ2n) is 7.21. The van der Waals surface area contributed by atoms with Gasteiger partial charge in [-0.1, -0.05) is 48.0 Å². The van der Waals surface area contributed by atoms with Gasteiger partial charge in [0.05, 0.1) is 10.8 Å². The summed E-state index contributed by atoms with van der Waals surface area (Å²) in [6.45, 7) is 0.581. The molecule has 150 valence electrons. The minimum atomic E-state index is -3.67. The molecule has 0 aliphatic carbocycles. The van der Waals surface area contributed by atoms with E-state index < -0.39 is 15.9 Å². The lowest BCUT2D eigenvalue weighted by atomic mass is 9.99. The van der Waals surface area contributed by atoms with Gasteiger partial charge in [-0.15, -0.1) is 0 Å². The number of anilines is 1. The third-order valence-corrected chi connectivity index (χ3v) is 7.30. The van der Waals surface area contributed by atoms with Crippen molar-refractivity contribution >= 4 is 44.0 Å². The number of hydrogen-bond acceptors (Lipinski definition) is 3. The molecule has 3 aromatic rings. The summed E-state index contributed by atoms with van der Waals surface area (Å²) in [6.07, 6.45) is 1.29. The standard InChI is InChI=1S/C22H21ClN2O3S/c23-19-8-3-9-20(14-19)24-22(26)18-7-4-12-25(15-18)29(27,28)21-11-10-16-5-1-2-6-17(16)13-21/h1-3,5-6,8-11,13-14,18H,4,7,12,15H2,(H,24,26)/t18-/m1/s1. The first-order valence-electron chi connectivity index (χ1n) is 9.49. The fourth-order valence-electron chi connectivity index (χ4n) is 3.66. The molecule has 3 aromatic carbocycles. The summed E-state index contributed by atoms with van der Waals surface area (Å²) in [7, 11) is -3.67. The molecule has 1 N–H and O–H groups in total. The van der Waals surface area contributed by atoms with Crippen LogP contribution in [-0.2, 0) is 14.8 Å². The third-order valence-electron chi connectivity index (χ3n) is 5.21. The lowest BCUT2D eigenvalue weighted by molar-refractivity contribution is -0.120. The molecule has 1 fully saturated rings. The Labute approximate surface area is 175 Å². The number of carbonyl (C=O) groups excluding carboxylic acids is 1. The molecular formula is C22H21ClN2O3S. The topological polar surface area (TPSA) is 66.5 Å². The minimum absolute atomic E-state index is 0.168. The first kappa shape index (κ1) is 19.9. The Kier molecular flexibility index (Phi) is 5.58. The largest absolute Gasteiger partial charge is 0.326 e. The highest BCUT2D eigenvalue weighted by Gasteiger charge is 2.33. The summed E-state index contributed by atoms with van der Waals surface area (Å²) in [5.74, 6) is -0.594. The molecule has 0 saturated carbocycles. The maximum absolute atomic E-state index is 13.2. The van der Waals surface area contributed by atoms with Crippen molar-refractivity contribution in [2.24, 2.45) is 5.92 Å². The summed E-state index contributed by atoms with van der Waals surface area (Å²) in [6, 6.07) is 19.7. The van der Waals surface area contributed by atoms with Crippen LogP contribution >= 0.6 is 11.6 Å². The summed E-state index contributed by atoms with van der Waals surface area (Å²) in [5.41, 5.74) is 0.608. The van der Waals surface area contributed by atoms with Crippen LogP contribution < -0.4 is 5.32 Å². The van der Waals surface area contributed by atoms with Crippen LogP contribution in [-0.4, -0.2) is 31.7 Å². The van der Waals surface area contributed by atoms with Gasteiger partial charge in [-0.25, -0.2) is 8.42 Å². The number of piperidine rings is 1. The van der Waals surface area contributed by atoms with Crippen LogP contribution in [0, 0.1) is 5.92 Å². The fraction of sp³-hybridized carbons (Fsp3) is 0.227. The Morgan fingerprint density at radius 2 is 1.79 bits per heavy atom. The molecule has 1 aliphatic rings. The van der Waals surface area contributed by atoms with E-state index in [-0.39, 0.29) is 17.3 Å². The summed E-state index contributed by atoms with van der Waals surface area (Å²) >= 11 is 5.97. The highest BCUT2D eigenvalue weighted by Crippen LogP contribution is 2.27. The molecule has 0 unspecified atom stereocenters. The zero-order valence-electron chi connectivity index (χ0n) is 15.7. The summed E-state index contributed by atoms with van der Waals surface area (Å²) in [5, 5.41) is 5.24. The predicted molar refractivity (Wildman–Crippen MR) is 116 cm³/mol. The number of halogens is 1. The average molecular weight is 429 g/mol. The normalized spacial score (nSPS) is 17.9. The number of amides is 1. The van der Waals surface area contributed by atoms with Crippen molar-refractivity contribution < 1.29 is 13.2 Å². The van der Waals surface area contributed by atoms with Gasteiger partial charge in [-0.2, -0.15) is 4.31 Å². The van der Waals surface area contributed by atoms with Crippen molar-refractivity contribution in [3.05, 3.63) is 71.8 Å². The van der Waals surface area contributed by atoms with Crippen LogP contribution in [0.3, 0.4) is 0 Å². The van der Waals surface area contributed by atoms with E-state index in [1.54, 1.807) is 36.4 Å². The lowest BCUT2D eigenvalue weighted by Gasteiger charge is -2.31. The number of benzene rings is 3. The van der Waals surface area contributed by atoms with Gasteiger partial charge >= 0.3 is 0 Å². The number of hydrogen-bond donors (Lipinski definition) is 1. The van der Waals surface area contributed by atoms with Gasteiger partial charge in [0.15, 0.2) is 0 Å². The van der Waals surface area contributed by atoms with Gasteiger partial charge in [0.25, 0.3) is 0 Å². The minimum Gasteiger partial charge on any atom is -0.326 e. The van der Waals surface area contributed by atoms with E-state index in [9.17, 15) is 13.2 Å².